The predicted octanol–water partition coefficient (Wildman–Crippen LogP) is 3.26. The summed E-state index contributed by atoms with van der Waals surface area (Å²) in [5.74, 6) is 1.88. The van der Waals surface area contributed by atoms with Gasteiger partial charge in [0.15, 0.2) is 0 Å². The van der Waals surface area contributed by atoms with Crippen molar-refractivity contribution in [1.82, 2.24) is 4.90 Å². The molecule has 2 fully saturated rings. The Hall–Kier alpha value is -0.0800. The van der Waals surface area contributed by atoms with Crippen molar-refractivity contribution in [2.24, 2.45) is 23.0 Å². The van der Waals surface area contributed by atoms with E-state index < -0.39 is 0 Å². The third kappa shape index (κ3) is 3.48. The second-order valence-corrected chi connectivity index (χ2v) is 7.61. The van der Waals surface area contributed by atoms with E-state index in [1.807, 2.05) is 0 Å². The van der Waals surface area contributed by atoms with Gasteiger partial charge < -0.3 is 5.73 Å². The lowest BCUT2D eigenvalue weighted by molar-refractivity contribution is 0.121. The quantitative estimate of drug-likeness (QED) is 0.835. The van der Waals surface area contributed by atoms with E-state index in [2.05, 4.69) is 25.7 Å². The minimum absolute atomic E-state index is 0.512. The second kappa shape index (κ2) is 5.92. The average Bonchev–Trinajstić information content (AvgIpc) is 2.76. The molecule has 0 aromatic heterocycles. The van der Waals surface area contributed by atoms with Gasteiger partial charge in [-0.25, -0.2) is 0 Å². The Morgan fingerprint density at radius 3 is 2.28 bits per heavy atom. The Bertz CT molecular complexity index is 248. The van der Waals surface area contributed by atoms with Crippen molar-refractivity contribution in [3.8, 4) is 0 Å². The van der Waals surface area contributed by atoms with Gasteiger partial charge in [-0.15, -0.1) is 0 Å². The zero-order valence-electron chi connectivity index (χ0n) is 12.6. The number of nitrogens with two attached hydrogens (primary N) is 1. The molecule has 0 radical (unpaired) electrons. The first-order valence-corrected chi connectivity index (χ1v) is 7.95. The standard InChI is InChI=1S/C16H32N2/c1-16(2,3)14-8-6-13(7-9-14)12-18-10-4-5-15(18)11-17/h13-15H,4-12,17H2,1-3H3. The highest BCUT2D eigenvalue weighted by atomic mass is 15.2. The van der Waals surface area contributed by atoms with Gasteiger partial charge in [0, 0.05) is 19.1 Å². The van der Waals surface area contributed by atoms with Crippen molar-refractivity contribution in [2.75, 3.05) is 19.6 Å². The Morgan fingerprint density at radius 2 is 1.72 bits per heavy atom. The van der Waals surface area contributed by atoms with Crippen LogP contribution in [-0.4, -0.2) is 30.6 Å². The molecule has 2 nitrogen and oxygen atoms in total. The molecule has 1 saturated heterocycles. The maximum absolute atomic E-state index is 5.87. The molecule has 2 N–H and O–H groups in total. The molecule has 0 aromatic rings. The molecule has 2 rings (SSSR count). The van der Waals surface area contributed by atoms with Gasteiger partial charge in [0.05, 0.1) is 0 Å². The van der Waals surface area contributed by atoms with Crippen LogP contribution in [0, 0.1) is 17.3 Å². The normalized spacial score (nSPS) is 35.0. The van der Waals surface area contributed by atoms with Crippen molar-refractivity contribution in [2.45, 2.75) is 65.3 Å². The van der Waals surface area contributed by atoms with Crippen LogP contribution in [0.15, 0.2) is 0 Å². The molecular formula is C16H32N2. The number of nitrogens with zero attached hydrogens (tertiary/aromatic N) is 1. The molecule has 1 atom stereocenters. The summed E-state index contributed by atoms with van der Waals surface area (Å²) in [7, 11) is 0. The van der Waals surface area contributed by atoms with Gasteiger partial charge in [0.1, 0.15) is 0 Å². The van der Waals surface area contributed by atoms with Crippen LogP contribution in [0.3, 0.4) is 0 Å². The number of likely N-dealkylation sites (tertiary alicyclic amines) is 1. The molecule has 1 aliphatic carbocycles. The summed E-state index contributed by atoms with van der Waals surface area (Å²) in [5.41, 5.74) is 6.38. The molecule has 0 bridgehead atoms. The van der Waals surface area contributed by atoms with Crippen LogP contribution in [0.2, 0.25) is 0 Å². The zero-order chi connectivity index (χ0) is 13.2. The van der Waals surface area contributed by atoms with Crippen LogP contribution in [0.1, 0.15) is 59.3 Å². The van der Waals surface area contributed by atoms with E-state index >= 15 is 0 Å². The van der Waals surface area contributed by atoms with Crippen molar-refractivity contribution in [3.63, 3.8) is 0 Å². The van der Waals surface area contributed by atoms with E-state index in [1.54, 1.807) is 0 Å². The lowest BCUT2D eigenvalue weighted by Crippen LogP contribution is -2.39. The van der Waals surface area contributed by atoms with Crippen molar-refractivity contribution < 1.29 is 0 Å². The van der Waals surface area contributed by atoms with Gasteiger partial charge in [-0.3, -0.25) is 4.90 Å². The molecule has 106 valence electrons. The first kappa shape index (κ1) is 14.3. The van der Waals surface area contributed by atoms with Crippen LogP contribution in [-0.2, 0) is 0 Å². The van der Waals surface area contributed by atoms with Crippen LogP contribution in [0.4, 0.5) is 0 Å². The van der Waals surface area contributed by atoms with Crippen LogP contribution >= 0.6 is 0 Å². The van der Waals surface area contributed by atoms with Gasteiger partial charge in [-0.1, -0.05) is 20.8 Å². The lowest BCUT2D eigenvalue weighted by atomic mass is 9.70. The highest BCUT2D eigenvalue weighted by Gasteiger charge is 2.32. The topological polar surface area (TPSA) is 29.3 Å². The molecule has 0 spiro atoms. The van der Waals surface area contributed by atoms with Gasteiger partial charge in [0.25, 0.3) is 0 Å². The second-order valence-electron chi connectivity index (χ2n) is 7.61. The first-order valence-electron chi connectivity index (χ1n) is 7.95. The fourth-order valence-electron chi connectivity index (χ4n) is 3.95. The molecule has 0 aromatic carbocycles. The van der Waals surface area contributed by atoms with E-state index in [0.717, 1.165) is 18.4 Å². The predicted molar refractivity (Wildman–Crippen MR) is 78.6 cm³/mol. The summed E-state index contributed by atoms with van der Waals surface area (Å²) in [6, 6.07) is 0.685. The summed E-state index contributed by atoms with van der Waals surface area (Å²) >= 11 is 0. The molecular weight excluding hydrogens is 220 g/mol. The lowest BCUT2D eigenvalue weighted by Gasteiger charge is -2.38. The van der Waals surface area contributed by atoms with Gasteiger partial charge >= 0.3 is 0 Å². The van der Waals surface area contributed by atoms with Gasteiger partial charge in [0.2, 0.25) is 0 Å². The largest absolute Gasteiger partial charge is 0.329 e. The number of rotatable bonds is 3. The van der Waals surface area contributed by atoms with E-state index in [0.29, 0.717) is 11.5 Å². The maximum atomic E-state index is 5.87. The molecule has 1 unspecified atom stereocenters. The molecule has 0 amide bonds. The molecule has 18 heavy (non-hydrogen) atoms. The van der Waals surface area contributed by atoms with E-state index in [9.17, 15) is 0 Å². The average molecular weight is 252 g/mol. The molecule has 1 aliphatic heterocycles. The summed E-state index contributed by atoms with van der Waals surface area (Å²) in [4.78, 5) is 2.67. The minimum atomic E-state index is 0.512. The Balaban J connectivity index is 1.77. The van der Waals surface area contributed by atoms with Crippen LogP contribution < -0.4 is 5.73 Å². The highest BCUT2D eigenvalue weighted by Crippen LogP contribution is 2.40. The Morgan fingerprint density at radius 1 is 1.06 bits per heavy atom. The third-order valence-corrected chi connectivity index (χ3v) is 5.34. The van der Waals surface area contributed by atoms with E-state index in [4.69, 9.17) is 5.73 Å². The molecule has 2 heteroatoms. The maximum Gasteiger partial charge on any atom is 0.0219 e. The molecule has 2 aliphatic rings. The zero-order valence-corrected chi connectivity index (χ0v) is 12.6. The molecule has 1 heterocycles. The van der Waals surface area contributed by atoms with Gasteiger partial charge in [-0.05, 0) is 62.3 Å². The van der Waals surface area contributed by atoms with E-state index in [-0.39, 0.29) is 0 Å². The fraction of sp³-hybridized carbons (Fsp3) is 1.00. The minimum Gasteiger partial charge on any atom is -0.329 e. The van der Waals surface area contributed by atoms with Crippen molar-refractivity contribution in [1.29, 1.82) is 0 Å². The van der Waals surface area contributed by atoms with Gasteiger partial charge in [-0.2, -0.15) is 0 Å². The third-order valence-electron chi connectivity index (χ3n) is 5.34. The number of hydrogen-bond acceptors (Lipinski definition) is 2. The first-order chi connectivity index (χ1) is 8.50. The fourth-order valence-corrected chi connectivity index (χ4v) is 3.95. The summed E-state index contributed by atoms with van der Waals surface area (Å²) in [5, 5.41) is 0. The SMILES string of the molecule is CC(C)(C)C1CCC(CN2CCCC2CN)CC1. The van der Waals surface area contributed by atoms with Crippen molar-refractivity contribution >= 4 is 0 Å². The summed E-state index contributed by atoms with van der Waals surface area (Å²) < 4.78 is 0. The van der Waals surface area contributed by atoms with Crippen molar-refractivity contribution in [3.05, 3.63) is 0 Å². The van der Waals surface area contributed by atoms with E-state index in [1.165, 1.54) is 51.6 Å². The summed E-state index contributed by atoms with van der Waals surface area (Å²) in [6.45, 7) is 10.7. The monoisotopic (exact) mass is 252 g/mol. The summed E-state index contributed by atoms with van der Waals surface area (Å²) in [6.07, 6.45) is 8.45. The number of hydrogen-bond donors (Lipinski definition) is 1. The van der Waals surface area contributed by atoms with Crippen LogP contribution in [0.5, 0.6) is 0 Å². The highest BCUT2D eigenvalue weighted by molar-refractivity contribution is 4.85. The Kier molecular flexibility index (Phi) is 4.71. The Labute approximate surface area is 113 Å². The molecule has 1 saturated carbocycles. The van der Waals surface area contributed by atoms with Crippen LogP contribution in [0.25, 0.3) is 0 Å². The smallest absolute Gasteiger partial charge is 0.0219 e.